The Balaban J connectivity index is 1.86. The van der Waals surface area contributed by atoms with Crippen molar-refractivity contribution in [1.82, 2.24) is 4.90 Å². The van der Waals surface area contributed by atoms with Crippen molar-refractivity contribution in [1.29, 1.82) is 0 Å². The minimum Gasteiger partial charge on any atom is -0.278 e. The highest BCUT2D eigenvalue weighted by Crippen LogP contribution is 2.36. The van der Waals surface area contributed by atoms with Crippen molar-refractivity contribution in [3.8, 4) is 0 Å². The van der Waals surface area contributed by atoms with Gasteiger partial charge in [-0.25, -0.2) is 0 Å². The number of rotatable bonds is 2. The van der Waals surface area contributed by atoms with Crippen molar-refractivity contribution in [3.05, 3.63) is 47.0 Å². The number of hydrogen-bond donors (Lipinski definition) is 0. The van der Waals surface area contributed by atoms with E-state index >= 15 is 0 Å². The number of imide groups is 1. The van der Waals surface area contributed by atoms with Crippen LogP contribution in [-0.4, -0.2) is 16.7 Å². The minimum atomic E-state index is -0.127. The molecule has 3 heteroatoms. The maximum Gasteiger partial charge on any atom is 0.233 e. The third kappa shape index (κ3) is 2.07. The molecule has 1 aliphatic carbocycles. The molecule has 1 heterocycles. The molecule has 0 radical (unpaired) electrons. The van der Waals surface area contributed by atoms with Crippen LogP contribution in [0.15, 0.2) is 30.4 Å². The molecule has 2 aliphatic rings. The number of nitrogens with zero attached hydrogens (tertiary/aromatic N) is 1. The lowest BCUT2D eigenvalue weighted by Crippen LogP contribution is -2.30. The first-order chi connectivity index (χ1) is 9.58. The molecule has 104 valence electrons. The van der Waals surface area contributed by atoms with Gasteiger partial charge in [0, 0.05) is 0 Å². The molecule has 1 aromatic rings. The first-order valence-corrected chi connectivity index (χ1v) is 7.14. The number of benzene rings is 1. The standard InChI is InChI=1S/C17H19NO2/c1-11-7-8-12(2)13(9-11)10-18-16(19)14-5-3-4-6-15(14)17(18)20/h3-4,7-9,14-15H,5-6,10H2,1-2H3/t14-,15-/m0/s1. The van der Waals surface area contributed by atoms with E-state index in [-0.39, 0.29) is 23.7 Å². The van der Waals surface area contributed by atoms with Crippen molar-refractivity contribution < 1.29 is 9.59 Å². The van der Waals surface area contributed by atoms with E-state index in [0.717, 1.165) is 16.7 Å². The summed E-state index contributed by atoms with van der Waals surface area (Å²) in [5, 5.41) is 0. The Morgan fingerprint density at radius 3 is 2.25 bits per heavy atom. The van der Waals surface area contributed by atoms with Gasteiger partial charge in [-0.3, -0.25) is 14.5 Å². The maximum atomic E-state index is 12.4. The van der Waals surface area contributed by atoms with Gasteiger partial charge in [0.1, 0.15) is 0 Å². The Morgan fingerprint density at radius 2 is 1.65 bits per heavy atom. The Labute approximate surface area is 119 Å². The van der Waals surface area contributed by atoms with Crippen LogP contribution in [-0.2, 0) is 16.1 Å². The predicted molar refractivity (Wildman–Crippen MR) is 76.8 cm³/mol. The summed E-state index contributed by atoms with van der Waals surface area (Å²) >= 11 is 0. The lowest BCUT2D eigenvalue weighted by atomic mass is 9.85. The molecular formula is C17H19NO2. The monoisotopic (exact) mass is 269 g/mol. The minimum absolute atomic E-state index is 0.00487. The molecule has 3 rings (SSSR count). The van der Waals surface area contributed by atoms with E-state index in [4.69, 9.17) is 0 Å². The predicted octanol–water partition coefficient (Wildman–Crippen LogP) is 2.75. The summed E-state index contributed by atoms with van der Waals surface area (Å²) in [7, 11) is 0. The molecule has 1 fully saturated rings. The maximum absolute atomic E-state index is 12.4. The lowest BCUT2D eigenvalue weighted by molar-refractivity contribution is -0.140. The molecule has 2 atom stereocenters. The summed E-state index contributed by atoms with van der Waals surface area (Å²) in [6.07, 6.45) is 5.46. The van der Waals surface area contributed by atoms with E-state index in [9.17, 15) is 9.59 Å². The normalized spacial score (nSPS) is 25.2. The number of allylic oxidation sites excluding steroid dienone is 2. The molecule has 0 bridgehead atoms. The van der Waals surface area contributed by atoms with Crippen LogP contribution in [0.5, 0.6) is 0 Å². The summed E-state index contributed by atoms with van der Waals surface area (Å²) < 4.78 is 0. The fourth-order valence-corrected chi connectivity index (χ4v) is 3.17. The zero-order chi connectivity index (χ0) is 14.3. The largest absolute Gasteiger partial charge is 0.278 e. The lowest BCUT2D eigenvalue weighted by Gasteiger charge is -2.16. The molecule has 1 saturated heterocycles. The molecular weight excluding hydrogens is 250 g/mol. The van der Waals surface area contributed by atoms with Crippen molar-refractivity contribution in [2.24, 2.45) is 11.8 Å². The van der Waals surface area contributed by atoms with Gasteiger partial charge >= 0.3 is 0 Å². The third-order valence-corrected chi connectivity index (χ3v) is 4.43. The van der Waals surface area contributed by atoms with E-state index in [1.54, 1.807) is 0 Å². The number of hydrogen-bond acceptors (Lipinski definition) is 2. The van der Waals surface area contributed by atoms with Crippen LogP contribution in [0, 0.1) is 25.7 Å². The highest BCUT2D eigenvalue weighted by molar-refractivity contribution is 6.05. The molecule has 1 aromatic carbocycles. The summed E-state index contributed by atoms with van der Waals surface area (Å²) in [6, 6.07) is 6.16. The third-order valence-electron chi connectivity index (χ3n) is 4.43. The van der Waals surface area contributed by atoms with Crippen LogP contribution < -0.4 is 0 Å². The summed E-state index contributed by atoms with van der Waals surface area (Å²) in [5.41, 5.74) is 3.35. The van der Waals surface area contributed by atoms with Gasteiger partial charge in [-0.15, -0.1) is 0 Å². The molecule has 0 unspecified atom stereocenters. The zero-order valence-corrected chi connectivity index (χ0v) is 11.9. The van der Waals surface area contributed by atoms with Crippen LogP contribution in [0.25, 0.3) is 0 Å². The quantitative estimate of drug-likeness (QED) is 0.611. The number of carbonyl (C=O) groups excluding carboxylic acids is 2. The molecule has 0 spiro atoms. The Hall–Kier alpha value is -1.90. The van der Waals surface area contributed by atoms with Gasteiger partial charge in [0.25, 0.3) is 0 Å². The number of fused-ring (bicyclic) bond motifs is 1. The summed E-state index contributed by atoms with van der Waals surface area (Å²) in [4.78, 5) is 26.3. The van der Waals surface area contributed by atoms with Crippen LogP contribution in [0.4, 0.5) is 0 Å². The number of aryl methyl sites for hydroxylation is 2. The molecule has 0 aromatic heterocycles. The zero-order valence-electron chi connectivity index (χ0n) is 11.9. The first kappa shape index (κ1) is 13.1. The van der Waals surface area contributed by atoms with Crippen molar-refractivity contribution >= 4 is 11.8 Å². The van der Waals surface area contributed by atoms with E-state index < -0.39 is 0 Å². The first-order valence-electron chi connectivity index (χ1n) is 7.14. The molecule has 1 aliphatic heterocycles. The van der Waals surface area contributed by atoms with Gasteiger partial charge in [-0.1, -0.05) is 35.9 Å². The van der Waals surface area contributed by atoms with Gasteiger partial charge in [0.15, 0.2) is 0 Å². The SMILES string of the molecule is Cc1ccc(C)c(CN2C(=O)[C@H]3CC=CC[C@@H]3C2=O)c1. The second-order valence-electron chi connectivity index (χ2n) is 5.85. The van der Waals surface area contributed by atoms with Crippen molar-refractivity contribution in [2.75, 3.05) is 0 Å². The van der Waals surface area contributed by atoms with E-state index in [1.165, 1.54) is 4.90 Å². The Bertz CT molecular complexity index is 577. The van der Waals surface area contributed by atoms with Crippen LogP contribution in [0.3, 0.4) is 0 Å². The topological polar surface area (TPSA) is 37.4 Å². The van der Waals surface area contributed by atoms with Gasteiger partial charge in [-0.05, 0) is 37.8 Å². The Kier molecular flexibility index (Phi) is 3.20. The number of amides is 2. The fourth-order valence-electron chi connectivity index (χ4n) is 3.17. The molecule has 2 amide bonds. The number of carbonyl (C=O) groups is 2. The smallest absolute Gasteiger partial charge is 0.233 e. The van der Waals surface area contributed by atoms with Crippen LogP contribution >= 0.6 is 0 Å². The molecule has 0 saturated carbocycles. The van der Waals surface area contributed by atoms with E-state index in [2.05, 4.69) is 12.1 Å². The Morgan fingerprint density at radius 1 is 1.05 bits per heavy atom. The highest BCUT2D eigenvalue weighted by Gasteiger charge is 2.46. The van der Waals surface area contributed by atoms with Gasteiger partial charge in [0.2, 0.25) is 11.8 Å². The van der Waals surface area contributed by atoms with Gasteiger partial charge < -0.3 is 0 Å². The van der Waals surface area contributed by atoms with Crippen molar-refractivity contribution in [2.45, 2.75) is 33.2 Å². The average Bonchev–Trinajstić information content (AvgIpc) is 2.68. The molecule has 0 N–H and O–H groups in total. The molecule has 20 heavy (non-hydrogen) atoms. The summed E-state index contributed by atoms with van der Waals surface area (Å²) in [6.45, 7) is 4.47. The van der Waals surface area contributed by atoms with Crippen LogP contribution in [0.2, 0.25) is 0 Å². The van der Waals surface area contributed by atoms with Crippen LogP contribution in [0.1, 0.15) is 29.5 Å². The van der Waals surface area contributed by atoms with E-state index in [0.29, 0.717) is 19.4 Å². The fraction of sp³-hybridized carbons (Fsp3) is 0.412. The molecule has 3 nitrogen and oxygen atoms in total. The van der Waals surface area contributed by atoms with Crippen molar-refractivity contribution in [3.63, 3.8) is 0 Å². The summed E-state index contributed by atoms with van der Waals surface area (Å²) in [5.74, 6) is -0.245. The highest BCUT2D eigenvalue weighted by atomic mass is 16.2. The average molecular weight is 269 g/mol. The van der Waals surface area contributed by atoms with Gasteiger partial charge in [-0.2, -0.15) is 0 Å². The number of likely N-dealkylation sites (tertiary alicyclic amines) is 1. The second-order valence-corrected chi connectivity index (χ2v) is 5.85. The second kappa shape index (κ2) is 4.89. The van der Waals surface area contributed by atoms with E-state index in [1.807, 2.05) is 32.1 Å². The van der Waals surface area contributed by atoms with Gasteiger partial charge in [0.05, 0.1) is 18.4 Å².